The van der Waals surface area contributed by atoms with E-state index in [1.165, 1.54) is 25.7 Å². The van der Waals surface area contributed by atoms with E-state index in [-0.39, 0.29) is 25.9 Å². The number of hydrogen-bond donors (Lipinski definition) is 3. The van der Waals surface area contributed by atoms with Gasteiger partial charge in [0, 0.05) is 19.3 Å². The zero-order valence-electron chi connectivity index (χ0n) is 46.5. The molecule has 6 unspecified atom stereocenters. The van der Waals surface area contributed by atoms with E-state index in [0.717, 1.165) is 128 Å². The van der Waals surface area contributed by atoms with Crippen LogP contribution in [-0.2, 0) is 42.9 Å². The van der Waals surface area contributed by atoms with Gasteiger partial charge < -0.3 is 39.0 Å². The molecule has 0 spiro atoms. The van der Waals surface area contributed by atoms with Gasteiger partial charge in [0.25, 0.3) is 0 Å². The minimum Gasteiger partial charge on any atom is -0.479 e. The maximum Gasteiger partial charge on any atom is 0.335 e. The standard InChI is InChI=1S/C63H100O12/c1-4-7-10-13-16-19-22-25-26-27-28-29-30-33-34-37-40-43-46-49-55(64)71-52-54(73-56(65)50-47-44-41-38-35-31-23-20-17-14-11-8-5-2)53-72-63-61(59(68)58(67)60(75-63)62(69)70)74-57(66)51-48-45-42-39-36-32-24-21-18-15-12-9-6-3/h8-9,11-12,16-21,25-26,28-29,31-32,35-36,54,58-61,63,67-68H,4-7,10,13-15,22-24,27,30,33-34,37-53H2,1-3H3,(H,69,70)/b11-8-,12-9-,19-16-,20-17-,21-18-,26-25-,29-28-,35-31-,36-32-. The summed E-state index contributed by atoms with van der Waals surface area (Å²) in [6.45, 7) is 5.66. The lowest BCUT2D eigenvalue weighted by molar-refractivity contribution is -0.301. The number of ether oxygens (including phenoxy) is 5. The van der Waals surface area contributed by atoms with Crippen molar-refractivity contribution in [1.82, 2.24) is 0 Å². The van der Waals surface area contributed by atoms with Crippen LogP contribution in [0.15, 0.2) is 109 Å². The molecule has 75 heavy (non-hydrogen) atoms. The van der Waals surface area contributed by atoms with Crippen LogP contribution in [0.3, 0.4) is 0 Å². The van der Waals surface area contributed by atoms with Gasteiger partial charge in [-0.25, -0.2) is 4.79 Å². The molecule has 424 valence electrons. The molecular weight excluding hydrogens is 949 g/mol. The summed E-state index contributed by atoms with van der Waals surface area (Å²) in [7, 11) is 0. The van der Waals surface area contributed by atoms with Crippen molar-refractivity contribution in [3.63, 3.8) is 0 Å². The van der Waals surface area contributed by atoms with E-state index < -0.39 is 67.3 Å². The van der Waals surface area contributed by atoms with Crippen LogP contribution in [0.25, 0.3) is 0 Å². The average Bonchev–Trinajstić information content (AvgIpc) is 3.39. The van der Waals surface area contributed by atoms with E-state index >= 15 is 0 Å². The molecule has 12 nitrogen and oxygen atoms in total. The first-order valence-corrected chi connectivity index (χ1v) is 28.9. The summed E-state index contributed by atoms with van der Waals surface area (Å²) in [6.07, 6.45) is 55.0. The van der Waals surface area contributed by atoms with Crippen molar-refractivity contribution in [1.29, 1.82) is 0 Å². The molecule has 0 aliphatic carbocycles. The first-order valence-electron chi connectivity index (χ1n) is 28.9. The van der Waals surface area contributed by atoms with Crippen molar-refractivity contribution in [2.45, 2.75) is 250 Å². The van der Waals surface area contributed by atoms with E-state index in [9.17, 15) is 34.5 Å². The smallest absolute Gasteiger partial charge is 0.335 e. The highest BCUT2D eigenvalue weighted by Crippen LogP contribution is 2.26. The van der Waals surface area contributed by atoms with Crippen LogP contribution >= 0.6 is 0 Å². The van der Waals surface area contributed by atoms with Gasteiger partial charge in [-0.15, -0.1) is 0 Å². The second kappa shape index (κ2) is 50.2. The molecule has 0 saturated carbocycles. The molecule has 1 heterocycles. The van der Waals surface area contributed by atoms with Crippen LogP contribution in [0, 0.1) is 0 Å². The topological polar surface area (TPSA) is 175 Å². The van der Waals surface area contributed by atoms with Gasteiger partial charge in [-0.05, 0) is 122 Å². The Morgan fingerprint density at radius 2 is 0.840 bits per heavy atom. The summed E-state index contributed by atoms with van der Waals surface area (Å²) in [5.74, 6) is -3.23. The summed E-state index contributed by atoms with van der Waals surface area (Å²) in [5.41, 5.74) is 0. The van der Waals surface area contributed by atoms with Crippen molar-refractivity contribution in [2.24, 2.45) is 0 Å². The van der Waals surface area contributed by atoms with Gasteiger partial charge in [0.15, 0.2) is 24.6 Å². The first-order chi connectivity index (χ1) is 36.6. The maximum atomic E-state index is 13.1. The molecule has 0 aromatic heterocycles. The number of aliphatic carboxylic acids is 1. The number of esters is 3. The SMILES string of the molecule is CC/C=C\C/C=C\C/C=C\CCCCCC(=O)OC(COC(=O)CCCCCCCC/C=C\C/C=C\C/C=C\CCCCC)COC1OC(C(=O)O)C(O)C(O)C1OC(=O)CCCCC/C=C\C/C=C\C/C=C\CC. The van der Waals surface area contributed by atoms with Crippen molar-refractivity contribution in [3.8, 4) is 0 Å². The Balaban J connectivity index is 2.73. The lowest BCUT2D eigenvalue weighted by Gasteiger charge is -2.40. The summed E-state index contributed by atoms with van der Waals surface area (Å²) in [5, 5.41) is 31.4. The number of aliphatic hydroxyl groups is 2. The first kappa shape index (κ1) is 68.4. The van der Waals surface area contributed by atoms with Gasteiger partial charge >= 0.3 is 23.9 Å². The molecule has 3 N–H and O–H groups in total. The number of rotatable bonds is 47. The number of unbranched alkanes of at least 4 members (excludes halogenated alkanes) is 15. The predicted octanol–water partition coefficient (Wildman–Crippen LogP) is 14.7. The zero-order valence-corrected chi connectivity index (χ0v) is 46.5. The van der Waals surface area contributed by atoms with Crippen molar-refractivity contribution >= 4 is 23.9 Å². The molecule has 1 saturated heterocycles. The maximum absolute atomic E-state index is 13.1. The molecule has 0 amide bonds. The molecule has 0 aromatic rings. The fourth-order valence-electron chi connectivity index (χ4n) is 7.93. The molecule has 1 fully saturated rings. The minimum absolute atomic E-state index is 0.0149. The largest absolute Gasteiger partial charge is 0.479 e. The summed E-state index contributed by atoms with van der Waals surface area (Å²) < 4.78 is 28.3. The van der Waals surface area contributed by atoms with E-state index in [1.807, 2.05) is 0 Å². The van der Waals surface area contributed by atoms with Crippen LogP contribution in [-0.4, -0.2) is 89.2 Å². The molecule has 6 atom stereocenters. The van der Waals surface area contributed by atoms with Crippen LogP contribution in [0.2, 0.25) is 0 Å². The number of allylic oxidation sites excluding steroid dienone is 18. The Kier molecular flexibility index (Phi) is 45.8. The number of carbonyl (C=O) groups excluding carboxylic acids is 3. The van der Waals surface area contributed by atoms with Gasteiger partial charge in [-0.2, -0.15) is 0 Å². The Hall–Kier alpha value is -4.62. The van der Waals surface area contributed by atoms with Crippen LogP contribution in [0.1, 0.15) is 213 Å². The van der Waals surface area contributed by atoms with E-state index in [4.69, 9.17) is 23.7 Å². The molecule has 0 radical (unpaired) electrons. The highest BCUT2D eigenvalue weighted by molar-refractivity contribution is 5.74. The Morgan fingerprint density at radius 1 is 0.453 bits per heavy atom. The van der Waals surface area contributed by atoms with E-state index in [0.29, 0.717) is 19.3 Å². The van der Waals surface area contributed by atoms with Crippen LogP contribution < -0.4 is 0 Å². The van der Waals surface area contributed by atoms with Crippen molar-refractivity contribution in [2.75, 3.05) is 13.2 Å². The number of aliphatic hydroxyl groups excluding tert-OH is 2. The fourth-order valence-corrected chi connectivity index (χ4v) is 7.93. The highest BCUT2D eigenvalue weighted by Gasteiger charge is 2.50. The van der Waals surface area contributed by atoms with Crippen LogP contribution in [0.4, 0.5) is 0 Å². The molecule has 1 rings (SSSR count). The summed E-state index contributed by atoms with van der Waals surface area (Å²) in [4.78, 5) is 51.0. The fraction of sp³-hybridized carbons (Fsp3) is 0.651. The van der Waals surface area contributed by atoms with Gasteiger partial charge in [-0.3, -0.25) is 14.4 Å². The van der Waals surface area contributed by atoms with Crippen LogP contribution in [0.5, 0.6) is 0 Å². The highest BCUT2D eigenvalue weighted by atomic mass is 16.7. The summed E-state index contributed by atoms with van der Waals surface area (Å²) in [6, 6.07) is 0. The molecule has 1 aliphatic heterocycles. The molecule has 1 aliphatic rings. The molecular formula is C63H100O12. The quantitative estimate of drug-likeness (QED) is 0.0228. The number of hydrogen-bond acceptors (Lipinski definition) is 11. The Morgan fingerprint density at radius 3 is 1.29 bits per heavy atom. The lowest BCUT2D eigenvalue weighted by atomic mass is 9.98. The Labute approximate surface area is 453 Å². The van der Waals surface area contributed by atoms with E-state index in [1.54, 1.807) is 0 Å². The third kappa shape index (κ3) is 40.3. The molecule has 0 aromatic carbocycles. The third-order valence-corrected chi connectivity index (χ3v) is 12.3. The monoisotopic (exact) mass is 1050 g/mol. The number of carboxylic acid groups (broad SMARTS) is 1. The Bertz CT molecular complexity index is 1720. The number of carbonyl (C=O) groups is 4. The second-order valence-corrected chi connectivity index (χ2v) is 19.2. The van der Waals surface area contributed by atoms with Gasteiger partial charge in [0.1, 0.15) is 18.8 Å². The normalized spacial score (nSPS) is 19.0. The predicted molar refractivity (Wildman–Crippen MR) is 303 cm³/mol. The lowest BCUT2D eigenvalue weighted by Crippen LogP contribution is -2.61. The zero-order chi connectivity index (χ0) is 54.7. The van der Waals surface area contributed by atoms with Crippen molar-refractivity contribution < 1.29 is 58.2 Å². The second-order valence-electron chi connectivity index (χ2n) is 19.2. The minimum atomic E-state index is -1.92. The number of carboxylic acids is 1. The molecule has 12 heteroatoms. The third-order valence-electron chi connectivity index (χ3n) is 12.3. The summed E-state index contributed by atoms with van der Waals surface area (Å²) >= 11 is 0. The van der Waals surface area contributed by atoms with Gasteiger partial charge in [-0.1, -0.05) is 182 Å². The molecule has 0 bridgehead atoms. The van der Waals surface area contributed by atoms with Gasteiger partial charge in [0.05, 0.1) is 6.61 Å². The van der Waals surface area contributed by atoms with Crippen molar-refractivity contribution in [3.05, 3.63) is 109 Å². The van der Waals surface area contributed by atoms with E-state index in [2.05, 4.69) is 130 Å². The van der Waals surface area contributed by atoms with Gasteiger partial charge in [0.2, 0.25) is 0 Å². The average molecular weight is 1050 g/mol.